The van der Waals surface area contributed by atoms with Crippen LogP contribution in [0.25, 0.3) is 0 Å². The summed E-state index contributed by atoms with van der Waals surface area (Å²) in [7, 11) is 0. The van der Waals surface area contributed by atoms with E-state index in [1.165, 1.54) is 12.1 Å². The van der Waals surface area contributed by atoms with Crippen molar-refractivity contribution in [1.82, 2.24) is 0 Å². The number of carbonyl (C=O) groups excluding carboxylic acids is 1. The molecule has 0 spiro atoms. The van der Waals surface area contributed by atoms with Crippen molar-refractivity contribution >= 4 is 5.97 Å². The number of hydrogen-bond donors (Lipinski definition) is 1. The minimum Gasteiger partial charge on any atom is -0.475 e. The molecule has 1 aliphatic heterocycles. The molecule has 0 bridgehead atoms. The van der Waals surface area contributed by atoms with Crippen LogP contribution in [0.3, 0.4) is 0 Å². The Morgan fingerprint density at radius 1 is 1.56 bits per heavy atom. The molecule has 4 nitrogen and oxygen atoms in total. The lowest BCUT2D eigenvalue weighted by Crippen LogP contribution is -2.22. The first kappa shape index (κ1) is 10.9. The van der Waals surface area contributed by atoms with Gasteiger partial charge in [0.2, 0.25) is 0 Å². The lowest BCUT2D eigenvalue weighted by molar-refractivity contribution is -0.143. The molecule has 1 aromatic rings. The van der Waals surface area contributed by atoms with E-state index in [1.54, 1.807) is 6.07 Å². The van der Waals surface area contributed by atoms with E-state index < -0.39 is 17.9 Å². The summed E-state index contributed by atoms with van der Waals surface area (Å²) in [5, 5.41) is 9.02. The van der Waals surface area contributed by atoms with Gasteiger partial charge in [0.05, 0.1) is 13.2 Å². The molecule has 1 N–H and O–H groups in total. The number of benzene rings is 1. The van der Waals surface area contributed by atoms with Gasteiger partial charge in [0, 0.05) is 12.0 Å². The first-order valence-corrected chi connectivity index (χ1v) is 4.94. The molecular formula is C11H11FO4. The van der Waals surface area contributed by atoms with E-state index in [1.807, 2.05) is 0 Å². The van der Waals surface area contributed by atoms with Crippen molar-refractivity contribution in [3.05, 3.63) is 29.6 Å². The Morgan fingerprint density at radius 3 is 3.00 bits per heavy atom. The molecule has 0 amide bonds. The summed E-state index contributed by atoms with van der Waals surface area (Å²) in [5.74, 6) is -1.16. The van der Waals surface area contributed by atoms with E-state index in [2.05, 4.69) is 0 Å². The van der Waals surface area contributed by atoms with E-state index >= 15 is 0 Å². The minimum absolute atomic E-state index is 0.0751. The van der Waals surface area contributed by atoms with Crippen molar-refractivity contribution in [2.75, 3.05) is 6.61 Å². The number of esters is 1. The number of hydrogen-bond acceptors (Lipinski definition) is 4. The van der Waals surface area contributed by atoms with Crippen molar-refractivity contribution in [3.8, 4) is 5.75 Å². The summed E-state index contributed by atoms with van der Waals surface area (Å²) in [6.45, 7) is -0.0543. The molecule has 16 heavy (non-hydrogen) atoms. The fraction of sp³-hybridized carbons (Fsp3) is 0.364. The van der Waals surface area contributed by atoms with E-state index in [4.69, 9.17) is 14.6 Å². The lowest BCUT2D eigenvalue weighted by atomic mass is 10.2. The monoisotopic (exact) mass is 226 g/mol. The van der Waals surface area contributed by atoms with Crippen LogP contribution in [-0.4, -0.2) is 23.8 Å². The predicted molar refractivity (Wildman–Crippen MR) is 52.3 cm³/mol. The van der Waals surface area contributed by atoms with Gasteiger partial charge in [-0.1, -0.05) is 12.1 Å². The third kappa shape index (κ3) is 1.99. The lowest BCUT2D eigenvalue weighted by Gasteiger charge is -2.13. The van der Waals surface area contributed by atoms with Gasteiger partial charge in [-0.15, -0.1) is 0 Å². The maximum Gasteiger partial charge on any atom is 0.347 e. The highest BCUT2D eigenvalue weighted by atomic mass is 19.1. The Bertz CT molecular complexity index is 405. The van der Waals surface area contributed by atoms with Crippen LogP contribution in [0.2, 0.25) is 0 Å². The molecule has 1 unspecified atom stereocenters. The summed E-state index contributed by atoms with van der Waals surface area (Å²) >= 11 is 0. The normalized spacial score (nSPS) is 19.6. The molecule has 0 saturated carbocycles. The molecule has 1 fully saturated rings. The molecule has 1 saturated heterocycles. The van der Waals surface area contributed by atoms with E-state index in [0.717, 1.165) is 0 Å². The molecule has 0 aromatic heterocycles. The molecule has 86 valence electrons. The summed E-state index contributed by atoms with van der Waals surface area (Å²) in [5.41, 5.74) is 0.319. The molecule has 0 aliphatic carbocycles. The van der Waals surface area contributed by atoms with Crippen LogP contribution in [0.5, 0.6) is 5.75 Å². The van der Waals surface area contributed by atoms with Gasteiger partial charge in [0.1, 0.15) is 0 Å². The summed E-state index contributed by atoms with van der Waals surface area (Å²) in [6.07, 6.45) is -0.375. The summed E-state index contributed by atoms with van der Waals surface area (Å²) < 4.78 is 23.4. The van der Waals surface area contributed by atoms with Gasteiger partial charge < -0.3 is 14.6 Å². The SMILES string of the molecule is O=C1OCCC1Oc1c(F)cccc1CO. The second-order valence-electron chi connectivity index (χ2n) is 3.45. The highest BCUT2D eigenvalue weighted by Gasteiger charge is 2.29. The average molecular weight is 226 g/mol. The number of para-hydroxylation sites is 1. The van der Waals surface area contributed by atoms with E-state index in [0.29, 0.717) is 12.0 Å². The predicted octanol–water partition coefficient (Wildman–Crippen LogP) is 1.01. The third-order valence-electron chi connectivity index (χ3n) is 2.37. The van der Waals surface area contributed by atoms with Crippen molar-refractivity contribution in [2.24, 2.45) is 0 Å². The Labute approximate surface area is 91.6 Å². The van der Waals surface area contributed by atoms with Gasteiger partial charge in [-0.2, -0.15) is 0 Å². The average Bonchev–Trinajstić information content (AvgIpc) is 2.67. The van der Waals surface area contributed by atoms with Crippen LogP contribution in [0.4, 0.5) is 4.39 Å². The molecule has 1 heterocycles. The largest absolute Gasteiger partial charge is 0.475 e. The van der Waals surface area contributed by atoms with Gasteiger partial charge in [0.15, 0.2) is 17.7 Å². The Kier molecular flexibility index (Phi) is 3.05. The molecular weight excluding hydrogens is 215 g/mol. The van der Waals surface area contributed by atoms with Crippen LogP contribution >= 0.6 is 0 Å². The topological polar surface area (TPSA) is 55.8 Å². The van der Waals surface area contributed by atoms with Crippen molar-refractivity contribution in [1.29, 1.82) is 0 Å². The van der Waals surface area contributed by atoms with E-state index in [-0.39, 0.29) is 19.0 Å². The molecule has 1 atom stereocenters. The molecule has 2 rings (SSSR count). The van der Waals surface area contributed by atoms with Crippen LogP contribution in [0.15, 0.2) is 18.2 Å². The Balaban J connectivity index is 2.22. The van der Waals surface area contributed by atoms with Crippen LogP contribution in [0.1, 0.15) is 12.0 Å². The highest BCUT2D eigenvalue weighted by Crippen LogP contribution is 2.25. The van der Waals surface area contributed by atoms with E-state index in [9.17, 15) is 9.18 Å². The Hall–Kier alpha value is -1.62. The number of aliphatic hydroxyl groups excluding tert-OH is 1. The quantitative estimate of drug-likeness (QED) is 0.781. The van der Waals surface area contributed by atoms with Crippen LogP contribution in [0, 0.1) is 5.82 Å². The van der Waals surface area contributed by atoms with Crippen molar-refractivity contribution < 1.29 is 23.8 Å². The molecule has 5 heteroatoms. The van der Waals surface area contributed by atoms with Gasteiger partial charge in [-0.05, 0) is 6.07 Å². The summed E-state index contributed by atoms with van der Waals surface area (Å²) in [6, 6.07) is 4.23. The van der Waals surface area contributed by atoms with Gasteiger partial charge in [0.25, 0.3) is 0 Å². The zero-order valence-corrected chi connectivity index (χ0v) is 8.48. The first-order valence-electron chi connectivity index (χ1n) is 4.94. The van der Waals surface area contributed by atoms with Gasteiger partial charge >= 0.3 is 5.97 Å². The van der Waals surface area contributed by atoms with Gasteiger partial charge in [-0.3, -0.25) is 0 Å². The number of rotatable bonds is 3. The van der Waals surface area contributed by atoms with Crippen molar-refractivity contribution in [2.45, 2.75) is 19.1 Å². The second-order valence-corrected chi connectivity index (χ2v) is 3.45. The fourth-order valence-electron chi connectivity index (χ4n) is 1.54. The fourth-order valence-corrected chi connectivity index (χ4v) is 1.54. The number of aliphatic hydroxyl groups is 1. The zero-order chi connectivity index (χ0) is 11.5. The second kappa shape index (κ2) is 4.49. The maximum atomic E-state index is 13.4. The standard InChI is InChI=1S/C11H11FO4/c12-8-3-1-2-7(6-13)10(8)16-9-4-5-15-11(9)14/h1-3,9,13H,4-6H2. The Morgan fingerprint density at radius 2 is 2.38 bits per heavy atom. The van der Waals surface area contributed by atoms with Crippen molar-refractivity contribution in [3.63, 3.8) is 0 Å². The number of carbonyl (C=O) groups is 1. The number of ether oxygens (including phenoxy) is 2. The number of halogens is 1. The summed E-state index contributed by atoms with van der Waals surface area (Å²) in [4.78, 5) is 11.2. The molecule has 1 aliphatic rings. The highest BCUT2D eigenvalue weighted by molar-refractivity contribution is 5.76. The van der Waals surface area contributed by atoms with Gasteiger partial charge in [-0.25, -0.2) is 9.18 Å². The third-order valence-corrected chi connectivity index (χ3v) is 2.37. The van der Waals surface area contributed by atoms with Crippen LogP contribution in [-0.2, 0) is 16.1 Å². The number of cyclic esters (lactones) is 1. The molecule has 1 aromatic carbocycles. The van der Waals surface area contributed by atoms with Crippen LogP contribution < -0.4 is 4.74 Å². The first-order chi connectivity index (χ1) is 7.72. The maximum absolute atomic E-state index is 13.4. The zero-order valence-electron chi connectivity index (χ0n) is 8.48. The minimum atomic E-state index is -0.776. The smallest absolute Gasteiger partial charge is 0.347 e. The molecule has 0 radical (unpaired) electrons.